The molecule has 0 fully saturated rings. The number of fused-ring (bicyclic) bond motifs is 1. The molecule has 16 heavy (non-hydrogen) atoms. The second-order valence-electron chi connectivity index (χ2n) is 3.72. The number of hydrogen-bond donors (Lipinski definition) is 0. The van der Waals surface area contributed by atoms with Crippen LogP contribution in [0.1, 0.15) is 19.0 Å². The van der Waals surface area contributed by atoms with Gasteiger partial charge >= 0.3 is 0 Å². The van der Waals surface area contributed by atoms with Crippen molar-refractivity contribution in [1.82, 2.24) is 4.98 Å². The van der Waals surface area contributed by atoms with Crippen LogP contribution in [-0.2, 0) is 0 Å². The number of rotatable bonds is 3. The van der Waals surface area contributed by atoms with Crippen LogP contribution in [0.5, 0.6) is 0 Å². The normalized spacial score (nSPS) is 12.0. The molecule has 0 atom stereocenters. The molecule has 0 saturated carbocycles. The van der Waals surface area contributed by atoms with Crippen LogP contribution < -0.4 is 0 Å². The number of halogens is 1. The smallest absolute Gasteiger partial charge is 0.0709 e. The highest BCUT2D eigenvalue weighted by molar-refractivity contribution is 6.19. The Bertz CT molecular complexity index is 511. The van der Waals surface area contributed by atoms with Gasteiger partial charge in [-0.05, 0) is 24.6 Å². The zero-order chi connectivity index (χ0) is 11.4. The lowest BCUT2D eigenvalue weighted by atomic mass is 10.1. The van der Waals surface area contributed by atoms with E-state index in [1.807, 2.05) is 24.3 Å². The summed E-state index contributed by atoms with van der Waals surface area (Å²) in [4.78, 5) is 4.58. The molecule has 0 aliphatic carbocycles. The van der Waals surface area contributed by atoms with Crippen LogP contribution in [0.3, 0.4) is 0 Å². The van der Waals surface area contributed by atoms with Crippen molar-refractivity contribution in [3.63, 3.8) is 0 Å². The van der Waals surface area contributed by atoms with Gasteiger partial charge in [-0.3, -0.25) is 0 Å². The number of hydrogen-bond acceptors (Lipinski definition) is 1. The minimum atomic E-state index is 0.574. The third kappa shape index (κ3) is 2.42. The lowest BCUT2D eigenvalue weighted by Gasteiger charge is -2.01. The highest BCUT2D eigenvalue weighted by Gasteiger charge is 1.97. The Hall–Kier alpha value is -1.34. The molecular weight excluding hydrogens is 218 g/mol. The lowest BCUT2D eigenvalue weighted by molar-refractivity contribution is 1.11. The van der Waals surface area contributed by atoms with Gasteiger partial charge < -0.3 is 0 Å². The van der Waals surface area contributed by atoms with Crippen molar-refractivity contribution in [3.05, 3.63) is 47.7 Å². The number of allylic oxidation sites excluding steroid dienone is 1. The highest BCUT2D eigenvalue weighted by atomic mass is 35.5. The molecule has 1 aromatic heterocycles. The molecule has 1 aromatic carbocycles. The van der Waals surface area contributed by atoms with Crippen LogP contribution in [0.4, 0.5) is 0 Å². The minimum Gasteiger partial charge on any atom is -0.248 e. The fourth-order valence-corrected chi connectivity index (χ4v) is 1.87. The zero-order valence-electron chi connectivity index (χ0n) is 9.28. The van der Waals surface area contributed by atoms with E-state index >= 15 is 0 Å². The van der Waals surface area contributed by atoms with Gasteiger partial charge in [0.25, 0.3) is 0 Å². The molecule has 0 amide bonds. The Kier molecular flexibility index (Phi) is 3.58. The first-order chi connectivity index (χ1) is 7.83. The predicted octanol–water partition coefficient (Wildman–Crippen LogP) is 4.27. The molecule has 0 N–H and O–H groups in total. The van der Waals surface area contributed by atoms with Crippen molar-refractivity contribution < 1.29 is 0 Å². The first-order valence-corrected chi connectivity index (χ1v) is 5.98. The van der Waals surface area contributed by atoms with Crippen molar-refractivity contribution in [1.29, 1.82) is 0 Å². The maximum Gasteiger partial charge on any atom is 0.0709 e. The SMILES string of the molecule is CCC(=Cc1ccc2ccccc2n1)CCl. The van der Waals surface area contributed by atoms with Gasteiger partial charge in [0.1, 0.15) is 0 Å². The van der Waals surface area contributed by atoms with E-state index in [4.69, 9.17) is 11.6 Å². The summed E-state index contributed by atoms with van der Waals surface area (Å²) in [6, 6.07) is 12.2. The summed E-state index contributed by atoms with van der Waals surface area (Å²) in [5.41, 5.74) is 3.22. The zero-order valence-corrected chi connectivity index (χ0v) is 10.0. The third-order valence-corrected chi connectivity index (χ3v) is 2.94. The van der Waals surface area contributed by atoms with Gasteiger partial charge in [0.2, 0.25) is 0 Å². The third-order valence-electron chi connectivity index (χ3n) is 2.60. The minimum absolute atomic E-state index is 0.574. The van der Waals surface area contributed by atoms with Gasteiger partial charge in [0.05, 0.1) is 11.2 Å². The second-order valence-corrected chi connectivity index (χ2v) is 3.99. The summed E-state index contributed by atoms with van der Waals surface area (Å²) in [6.45, 7) is 2.11. The van der Waals surface area contributed by atoms with Crippen LogP contribution in [0.15, 0.2) is 42.0 Å². The molecule has 0 unspecified atom stereocenters. The van der Waals surface area contributed by atoms with Gasteiger partial charge in [-0.25, -0.2) is 4.98 Å². The molecule has 2 heteroatoms. The summed E-state index contributed by atoms with van der Waals surface area (Å²) in [7, 11) is 0. The molecule has 0 aliphatic rings. The Morgan fingerprint density at radius 3 is 2.81 bits per heavy atom. The number of aromatic nitrogens is 1. The van der Waals surface area contributed by atoms with Gasteiger partial charge in [0, 0.05) is 11.3 Å². The van der Waals surface area contributed by atoms with Gasteiger partial charge in [-0.15, -0.1) is 11.6 Å². The summed E-state index contributed by atoms with van der Waals surface area (Å²) < 4.78 is 0. The maximum absolute atomic E-state index is 5.84. The Balaban J connectivity index is 2.43. The average Bonchev–Trinajstić information content (AvgIpc) is 2.35. The number of para-hydroxylation sites is 1. The Morgan fingerprint density at radius 2 is 2.06 bits per heavy atom. The largest absolute Gasteiger partial charge is 0.248 e. The highest BCUT2D eigenvalue weighted by Crippen LogP contribution is 2.15. The van der Waals surface area contributed by atoms with Crippen molar-refractivity contribution in [2.75, 3.05) is 5.88 Å². The van der Waals surface area contributed by atoms with Gasteiger partial charge in [-0.2, -0.15) is 0 Å². The molecule has 82 valence electrons. The van der Waals surface area contributed by atoms with E-state index in [9.17, 15) is 0 Å². The van der Waals surface area contributed by atoms with Gasteiger partial charge in [0.15, 0.2) is 0 Å². The molecule has 0 spiro atoms. The molecule has 1 nitrogen and oxygen atoms in total. The number of nitrogens with zero attached hydrogens (tertiary/aromatic N) is 1. The van der Waals surface area contributed by atoms with Crippen molar-refractivity contribution in [3.8, 4) is 0 Å². The predicted molar refractivity (Wildman–Crippen MR) is 70.7 cm³/mol. The monoisotopic (exact) mass is 231 g/mol. The lowest BCUT2D eigenvalue weighted by Crippen LogP contribution is -1.87. The molecule has 0 radical (unpaired) electrons. The number of benzene rings is 1. The van der Waals surface area contributed by atoms with Crippen LogP contribution in [0.25, 0.3) is 17.0 Å². The van der Waals surface area contributed by atoms with E-state index < -0.39 is 0 Å². The van der Waals surface area contributed by atoms with Crippen molar-refractivity contribution in [2.45, 2.75) is 13.3 Å². The quantitative estimate of drug-likeness (QED) is 0.719. The summed E-state index contributed by atoms with van der Waals surface area (Å²) in [5.74, 6) is 0.574. The topological polar surface area (TPSA) is 12.9 Å². The van der Waals surface area contributed by atoms with E-state index in [-0.39, 0.29) is 0 Å². The van der Waals surface area contributed by atoms with Crippen molar-refractivity contribution in [2.24, 2.45) is 0 Å². The molecular formula is C14H14ClN. The Morgan fingerprint density at radius 1 is 1.25 bits per heavy atom. The first-order valence-electron chi connectivity index (χ1n) is 5.44. The fraction of sp³-hybridized carbons (Fsp3) is 0.214. The van der Waals surface area contributed by atoms with Crippen LogP contribution >= 0.6 is 11.6 Å². The second kappa shape index (κ2) is 5.13. The van der Waals surface area contributed by atoms with Crippen molar-refractivity contribution >= 4 is 28.6 Å². The standard InChI is InChI=1S/C14H14ClN/c1-2-11(10-15)9-13-8-7-12-5-3-4-6-14(12)16-13/h3-9H,2,10H2,1H3. The van der Waals surface area contributed by atoms with Gasteiger partial charge in [-0.1, -0.05) is 36.8 Å². The Labute approximate surface area is 101 Å². The maximum atomic E-state index is 5.84. The van der Waals surface area contributed by atoms with Crippen LogP contribution in [-0.4, -0.2) is 10.9 Å². The molecule has 1 heterocycles. The molecule has 0 saturated heterocycles. The van der Waals surface area contributed by atoms with Crippen LogP contribution in [0, 0.1) is 0 Å². The summed E-state index contributed by atoms with van der Waals surface area (Å²) >= 11 is 5.84. The van der Waals surface area contributed by atoms with E-state index in [2.05, 4.69) is 30.1 Å². The fourth-order valence-electron chi connectivity index (χ4n) is 1.61. The molecule has 0 bridgehead atoms. The first kappa shape index (κ1) is 11.2. The van der Waals surface area contributed by atoms with Crippen LogP contribution in [0.2, 0.25) is 0 Å². The molecule has 2 aromatic rings. The molecule has 2 rings (SSSR count). The van der Waals surface area contributed by atoms with E-state index in [0.29, 0.717) is 5.88 Å². The number of pyridine rings is 1. The van der Waals surface area contributed by atoms with E-state index in [1.165, 1.54) is 11.0 Å². The average molecular weight is 232 g/mol. The molecule has 0 aliphatic heterocycles. The van der Waals surface area contributed by atoms with E-state index in [1.54, 1.807) is 0 Å². The summed E-state index contributed by atoms with van der Waals surface area (Å²) in [5, 5.41) is 1.17. The summed E-state index contributed by atoms with van der Waals surface area (Å²) in [6.07, 6.45) is 3.04. The van der Waals surface area contributed by atoms with E-state index in [0.717, 1.165) is 17.6 Å². The number of alkyl halides is 1.